The predicted octanol–water partition coefficient (Wildman–Crippen LogP) is 3.41. The minimum atomic E-state index is -0.240. The molecule has 2 aromatic carbocycles. The van der Waals surface area contributed by atoms with Crippen LogP contribution in [0.25, 0.3) is 0 Å². The van der Waals surface area contributed by atoms with Crippen molar-refractivity contribution in [3.63, 3.8) is 0 Å². The molecule has 0 spiro atoms. The highest BCUT2D eigenvalue weighted by Crippen LogP contribution is 2.28. The van der Waals surface area contributed by atoms with Gasteiger partial charge in [-0.3, -0.25) is 4.90 Å². The third-order valence-corrected chi connectivity index (χ3v) is 3.80. The largest absolute Gasteiger partial charge is 0.334 e. The Morgan fingerprint density at radius 3 is 2.71 bits per heavy atom. The normalized spacial score (nSPS) is 13.8. The highest BCUT2D eigenvalue weighted by atomic mass is 19.1. The summed E-state index contributed by atoms with van der Waals surface area (Å²) in [5.41, 5.74) is 4.25. The Morgan fingerprint density at radius 1 is 1.19 bits per heavy atom. The molecule has 108 valence electrons. The SMILES string of the molecule is Cc1cccc2c1N(CCc1ccc(F)cc1)C(=O)NC2. The number of rotatable bonds is 3. The molecule has 1 heterocycles. The van der Waals surface area contributed by atoms with Crippen molar-refractivity contribution < 1.29 is 9.18 Å². The summed E-state index contributed by atoms with van der Waals surface area (Å²) in [7, 11) is 0. The molecule has 1 aliphatic heterocycles. The summed E-state index contributed by atoms with van der Waals surface area (Å²) in [6, 6.07) is 12.4. The highest BCUT2D eigenvalue weighted by molar-refractivity contribution is 5.95. The third-order valence-electron chi connectivity index (χ3n) is 3.80. The Labute approximate surface area is 123 Å². The summed E-state index contributed by atoms with van der Waals surface area (Å²) < 4.78 is 12.9. The lowest BCUT2D eigenvalue weighted by atomic mass is 10.0. The van der Waals surface area contributed by atoms with Crippen LogP contribution < -0.4 is 10.2 Å². The lowest BCUT2D eigenvalue weighted by molar-refractivity contribution is 0.244. The highest BCUT2D eigenvalue weighted by Gasteiger charge is 2.24. The number of carbonyl (C=O) groups excluding carboxylic acids is 1. The van der Waals surface area contributed by atoms with Gasteiger partial charge in [-0.15, -0.1) is 0 Å². The van der Waals surface area contributed by atoms with Gasteiger partial charge in [0.2, 0.25) is 0 Å². The Morgan fingerprint density at radius 2 is 1.95 bits per heavy atom. The van der Waals surface area contributed by atoms with E-state index >= 15 is 0 Å². The van der Waals surface area contributed by atoms with Gasteiger partial charge in [0.25, 0.3) is 0 Å². The third kappa shape index (κ3) is 2.75. The van der Waals surface area contributed by atoms with Crippen molar-refractivity contribution >= 4 is 11.7 Å². The molecule has 0 radical (unpaired) electrons. The van der Waals surface area contributed by atoms with Gasteiger partial charge in [0.05, 0.1) is 5.69 Å². The maximum Gasteiger partial charge on any atom is 0.322 e. The van der Waals surface area contributed by atoms with Gasteiger partial charge in [0.15, 0.2) is 0 Å². The number of nitrogens with zero attached hydrogens (tertiary/aromatic N) is 1. The topological polar surface area (TPSA) is 32.3 Å². The predicted molar refractivity (Wildman–Crippen MR) is 80.9 cm³/mol. The smallest absolute Gasteiger partial charge is 0.322 e. The van der Waals surface area contributed by atoms with Gasteiger partial charge in [-0.2, -0.15) is 0 Å². The van der Waals surface area contributed by atoms with Gasteiger partial charge in [0.1, 0.15) is 5.82 Å². The number of hydrogen-bond acceptors (Lipinski definition) is 1. The van der Waals surface area contributed by atoms with Crippen LogP contribution in [0, 0.1) is 12.7 Å². The van der Waals surface area contributed by atoms with Crippen molar-refractivity contribution in [2.45, 2.75) is 19.9 Å². The lowest BCUT2D eigenvalue weighted by Crippen LogP contribution is -2.45. The minimum Gasteiger partial charge on any atom is -0.334 e. The lowest BCUT2D eigenvalue weighted by Gasteiger charge is -2.31. The summed E-state index contributed by atoms with van der Waals surface area (Å²) in [6.07, 6.45) is 0.696. The number of hydrogen-bond donors (Lipinski definition) is 1. The summed E-state index contributed by atoms with van der Waals surface area (Å²) in [5.74, 6) is -0.240. The first-order valence-corrected chi connectivity index (χ1v) is 7.03. The van der Waals surface area contributed by atoms with Crippen LogP contribution in [-0.2, 0) is 13.0 Å². The maximum atomic E-state index is 12.9. The summed E-state index contributed by atoms with van der Waals surface area (Å²) >= 11 is 0. The zero-order valence-electron chi connectivity index (χ0n) is 11.9. The first-order chi connectivity index (χ1) is 10.1. The second-order valence-corrected chi connectivity index (χ2v) is 5.27. The fourth-order valence-corrected chi connectivity index (χ4v) is 2.72. The number of aryl methyl sites for hydroxylation is 1. The molecule has 4 heteroatoms. The molecule has 21 heavy (non-hydrogen) atoms. The van der Waals surface area contributed by atoms with Crippen molar-refractivity contribution in [2.75, 3.05) is 11.4 Å². The van der Waals surface area contributed by atoms with Crippen molar-refractivity contribution in [3.8, 4) is 0 Å². The number of urea groups is 1. The quantitative estimate of drug-likeness (QED) is 0.920. The van der Waals surface area contributed by atoms with Gasteiger partial charge in [0, 0.05) is 13.1 Å². The van der Waals surface area contributed by atoms with Gasteiger partial charge >= 0.3 is 6.03 Å². The molecule has 0 aromatic heterocycles. The average molecular weight is 284 g/mol. The minimum absolute atomic E-state index is 0.0705. The number of fused-ring (bicyclic) bond motifs is 1. The molecule has 0 saturated heterocycles. The first-order valence-electron chi connectivity index (χ1n) is 7.03. The molecule has 1 aliphatic rings. The van der Waals surface area contributed by atoms with E-state index in [1.54, 1.807) is 17.0 Å². The number of nitrogens with one attached hydrogen (secondary N) is 1. The zero-order chi connectivity index (χ0) is 14.8. The van der Waals surface area contributed by atoms with E-state index in [4.69, 9.17) is 0 Å². The van der Waals surface area contributed by atoms with Crippen LogP contribution in [0.2, 0.25) is 0 Å². The van der Waals surface area contributed by atoms with Gasteiger partial charge in [-0.05, 0) is 42.2 Å². The molecule has 0 bridgehead atoms. The average Bonchev–Trinajstić information content (AvgIpc) is 2.48. The fourth-order valence-electron chi connectivity index (χ4n) is 2.72. The van der Waals surface area contributed by atoms with Crippen LogP contribution in [-0.4, -0.2) is 12.6 Å². The van der Waals surface area contributed by atoms with E-state index in [1.807, 2.05) is 25.1 Å². The van der Waals surface area contributed by atoms with E-state index in [9.17, 15) is 9.18 Å². The first kappa shape index (κ1) is 13.6. The molecular formula is C17H17FN2O. The Hall–Kier alpha value is -2.36. The van der Waals surface area contributed by atoms with E-state index in [1.165, 1.54) is 12.1 Å². The molecule has 2 aromatic rings. The van der Waals surface area contributed by atoms with Crippen LogP contribution in [0.5, 0.6) is 0 Å². The Kier molecular flexibility index (Phi) is 3.60. The molecule has 0 fully saturated rings. The van der Waals surface area contributed by atoms with Crippen LogP contribution in [0.4, 0.5) is 14.9 Å². The molecular weight excluding hydrogens is 267 g/mol. The number of amides is 2. The van der Waals surface area contributed by atoms with Crippen molar-refractivity contribution in [1.29, 1.82) is 0 Å². The molecule has 0 saturated carbocycles. The molecule has 0 aliphatic carbocycles. The number of halogens is 1. The molecule has 1 N–H and O–H groups in total. The van der Waals surface area contributed by atoms with E-state index in [0.717, 1.165) is 22.4 Å². The Bertz CT molecular complexity index is 667. The fraction of sp³-hybridized carbons (Fsp3) is 0.235. The van der Waals surface area contributed by atoms with Gasteiger partial charge in [-0.25, -0.2) is 9.18 Å². The van der Waals surface area contributed by atoms with E-state index in [-0.39, 0.29) is 11.8 Å². The van der Waals surface area contributed by atoms with Crippen molar-refractivity contribution in [1.82, 2.24) is 5.32 Å². The van der Waals surface area contributed by atoms with Crippen molar-refractivity contribution in [2.24, 2.45) is 0 Å². The monoisotopic (exact) mass is 284 g/mol. The van der Waals surface area contributed by atoms with Crippen LogP contribution in [0.1, 0.15) is 16.7 Å². The number of carbonyl (C=O) groups is 1. The number of para-hydroxylation sites is 1. The zero-order valence-corrected chi connectivity index (χ0v) is 11.9. The maximum absolute atomic E-state index is 12.9. The number of anilines is 1. The van der Waals surface area contributed by atoms with E-state index in [0.29, 0.717) is 19.5 Å². The summed E-state index contributed by atoms with van der Waals surface area (Å²) in [4.78, 5) is 13.9. The molecule has 0 atom stereocenters. The van der Waals surface area contributed by atoms with Crippen molar-refractivity contribution in [3.05, 3.63) is 65.0 Å². The van der Waals surface area contributed by atoms with Gasteiger partial charge < -0.3 is 5.32 Å². The van der Waals surface area contributed by atoms with E-state index < -0.39 is 0 Å². The molecule has 0 unspecified atom stereocenters. The molecule has 3 rings (SSSR count). The Balaban J connectivity index is 1.82. The second kappa shape index (κ2) is 5.56. The second-order valence-electron chi connectivity index (χ2n) is 5.27. The standard InChI is InChI=1S/C17H17FN2O/c1-12-3-2-4-14-11-19-17(21)20(16(12)14)10-9-13-5-7-15(18)8-6-13/h2-8H,9-11H2,1H3,(H,19,21). The van der Waals surface area contributed by atoms with Crippen LogP contribution in [0.3, 0.4) is 0 Å². The summed E-state index contributed by atoms with van der Waals surface area (Å²) in [5, 5.41) is 2.89. The van der Waals surface area contributed by atoms with Gasteiger partial charge in [-0.1, -0.05) is 30.3 Å². The summed E-state index contributed by atoms with van der Waals surface area (Å²) in [6.45, 7) is 3.17. The number of benzene rings is 2. The van der Waals surface area contributed by atoms with Crippen LogP contribution in [0.15, 0.2) is 42.5 Å². The molecule has 2 amide bonds. The van der Waals surface area contributed by atoms with E-state index in [2.05, 4.69) is 5.32 Å². The molecule has 3 nitrogen and oxygen atoms in total. The van der Waals surface area contributed by atoms with Crippen LogP contribution >= 0.6 is 0 Å².